The number of aromatic nitrogens is 1. The Morgan fingerprint density at radius 1 is 0.812 bits per heavy atom. The highest BCUT2D eigenvalue weighted by Crippen LogP contribution is 2.47. The Morgan fingerprint density at radius 3 is 2.16 bits per heavy atom. The molecule has 0 spiro atoms. The predicted molar refractivity (Wildman–Crippen MR) is 126 cm³/mol. The fourth-order valence-electron chi connectivity index (χ4n) is 4.67. The summed E-state index contributed by atoms with van der Waals surface area (Å²) in [7, 11) is 0. The normalized spacial score (nSPS) is 19.8. The van der Waals surface area contributed by atoms with Crippen molar-refractivity contribution in [3.8, 4) is 22.5 Å². The van der Waals surface area contributed by atoms with Crippen LogP contribution in [0.15, 0.2) is 83.4 Å². The number of aryl methyl sites for hydroxylation is 2. The fourth-order valence-corrected chi connectivity index (χ4v) is 4.67. The third-order valence-electron chi connectivity index (χ3n) is 6.78. The lowest BCUT2D eigenvalue weighted by Gasteiger charge is -2.06. The van der Waals surface area contributed by atoms with Crippen molar-refractivity contribution in [3.05, 3.63) is 101 Å². The largest absolute Gasteiger partial charge is 0.364 e. The van der Waals surface area contributed by atoms with E-state index in [2.05, 4.69) is 84.0 Å². The van der Waals surface area contributed by atoms with E-state index in [1.807, 2.05) is 6.92 Å². The molecule has 1 aliphatic heterocycles. The van der Waals surface area contributed by atoms with E-state index in [0.717, 1.165) is 41.3 Å². The molecule has 0 N–H and O–H groups in total. The summed E-state index contributed by atoms with van der Waals surface area (Å²) in [5.41, 5.74) is 8.37. The number of benzene rings is 3. The van der Waals surface area contributed by atoms with Crippen molar-refractivity contribution in [2.75, 3.05) is 0 Å². The molecule has 2 aliphatic rings. The fraction of sp³-hybridized carbons (Fsp3) is 0.276. The minimum atomic E-state index is 0.0783. The zero-order chi connectivity index (χ0) is 21.5. The van der Waals surface area contributed by atoms with E-state index in [1.165, 1.54) is 35.1 Å². The zero-order valence-corrected chi connectivity index (χ0v) is 18.3. The van der Waals surface area contributed by atoms with Crippen LogP contribution in [0.5, 0.6) is 0 Å². The molecule has 2 fully saturated rings. The van der Waals surface area contributed by atoms with Gasteiger partial charge in [0.05, 0.1) is 17.4 Å². The molecule has 4 aromatic rings. The molecule has 3 heteroatoms. The summed E-state index contributed by atoms with van der Waals surface area (Å²) >= 11 is 0. The van der Waals surface area contributed by atoms with Crippen LogP contribution in [0.3, 0.4) is 0 Å². The standard InChI is InChI=1S/C29H27NO2/c1-19-27(29-26(31-29)18-7-20-5-3-2-4-6-20)28(32-30-19)25-16-14-24(15-17-25)23-12-10-22(11-13-23)21-8-9-21/h2-6,10-17,21,26,29H,7-9,18H2,1H3. The minimum absolute atomic E-state index is 0.0783. The van der Waals surface area contributed by atoms with Gasteiger partial charge in [0.1, 0.15) is 6.10 Å². The first-order chi connectivity index (χ1) is 15.8. The lowest BCUT2D eigenvalue weighted by Crippen LogP contribution is -1.95. The Balaban J connectivity index is 1.17. The van der Waals surface area contributed by atoms with Crippen LogP contribution in [0.1, 0.15) is 53.7 Å². The van der Waals surface area contributed by atoms with Crippen LogP contribution >= 0.6 is 0 Å². The smallest absolute Gasteiger partial charge is 0.173 e. The van der Waals surface area contributed by atoms with E-state index in [0.29, 0.717) is 0 Å². The van der Waals surface area contributed by atoms with Crippen LogP contribution in [-0.4, -0.2) is 11.3 Å². The summed E-state index contributed by atoms with van der Waals surface area (Å²) in [4.78, 5) is 0. The molecule has 6 rings (SSSR count). The van der Waals surface area contributed by atoms with Gasteiger partial charge in [-0.15, -0.1) is 0 Å². The van der Waals surface area contributed by atoms with E-state index in [4.69, 9.17) is 9.26 Å². The first kappa shape index (κ1) is 19.5. The van der Waals surface area contributed by atoms with Gasteiger partial charge >= 0.3 is 0 Å². The van der Waals surface area contributed by atoms with Crippen LogP contribution in [0.2, 0.25) is 0 Å². The van der Waals surface area contributed by atoms with Crippen LogP contribution in [0, 0.1) is 6.92 Å². The second kappa shape index (κ2) is 8.07. The van der Waals surface area contributed by atoms with Gasteiger partial charge in [0.2, 0.25) is 0 Å². The van der Waals surface area contributed by atoms with Crippen molar-refractivity contribution in [1.82, 2.24) is 5.16 Å². The Bertz CT molecular complexity index is 1200. The summed E-state index contributed by atoms with van der Waals surface area (Å²) in [6.07, 6.45) is 5.02. The molecule has 0 radical (unpaired) electrons. The van der Waals surface area contributed by atoms with Gasteiger partial charge in [-0.1, -0.05) is 84.0 Å². The molecule has 1 saturated heterocycles. The van der Waals surface area contributed by atoms with Crippen LogP contribution in [-0.2, 0) is 11.2 Å². The second-order valence-electron chi connectivity index (χ2n) is 9.10. The topological polar surface area (TPSA) is 38.6 Å². The molecule has 2 atom stereocenters. The minimum Gasteiger partial charge on any atom is -0.364 e. The molecule has 0 amide bonds. The molecule has 1 saturated carbocycles. The van der Waals surface area contributed by atoms with Crippen molar-refractivity contribution < 1.29 is 9.26 Å². The SMILES string of the molecule is Cc1noc(-c2ccc(-c3ccc(C4CC4)cc3)cc2)c1C1OC1CCc1ccccc1. The average Bonchev–Trinajstić information content (AvgIpc) is 3.77. The van der Waals surface area contributed by atoms with E-state index >= 15 is 0 Å². The van der Waals surface area contributed by atoms with Crippen LogP contribution in [0.25, 0.3) is 22.5 Å². The first-order valence-corrected chi connectivity index (χ1v) is 11.6. The van der Waals surface area contributed by atoms with Crippen molar-refractivity contribution in [1.29, 1.82) is 0 Å². The monoisotopic (exact) mass is 421 g/mol. The van der Waals surface area contributed by atoms with E-state index in [1.54, 1.807) is 0 Å². The highest BCUT2D eigenvalue weighted by atomic mass is 16.6. The number of nitrogens with zero attached hydrogens (tertiary/aromatic N) is 1. The van der Waals surface area contributed by atoms with Gasteiger partial charge in [0.25, 0.3) is 0 Å². The highest BCUT2D eigenvalue weighted by Gasteiger charge is 2.44. The molecule has 3 nitrogen and oxygen atoms in total. The van der Waals surface area contributed by atoms with Gasteiger partial charge in [0, 0.05) is 5.56 Å². The van der Waals surface area contributed by atoms with E-state index in [9.17, 15) is 0 Å². The van der Waals surface area contributed by atoms with Gasteiger partial charge in [-0.2, -0.15) is 0 Å². The molecule has 3 aromatic carbocycles. The maximum absolute atomic E-state index is 6.05. The number of ether oxygens (including phenoxy) is 1. The Hall–Kier alpha value is -3.17. The van der Waals surface area contributed by atoms with Crippen molar-refractivity contribution >= 4 is 0 Å². The molecule has 0 bridgehead atoms. The lowest BCUT2D eigenvalue weighted by molar-refractivity contribution is 0.365. The number of hydrogen-bond acceptors (Lipinski definition) is 3. The number of rotatable bonds is 7. The summed E-state index contributed by atoms with van der Waals surface area (Å²) in [6.45, 7) is 2.01. The third-order valence-corrected chi connectivity index (χ3v) is 6.78. The van der Waals surface area contributed by atoms with Gasteiger partial charge < -0.3 is 9.26 Å². The predicted octanol–water partition coefficient (Wildman–Crippen LogP) is 7.27. The van der Waals surface area contributed by atoms with Crippen molar-refractivity contribution in [3.63, 3.8) is 0 Å². The molecule has 2 heterocycles. The van der Waals surface area contributed by atoms with Crippen LogP contribution in [0.4, 0.5) is 0 Å². The zero-order valence-electron chi connectivity index (χ0n) is 18.3. The third kappa shape index (κ3) is 3.89. The van der Waals surface area contributed by atoms with Crippen molar-refractivity contribution in [2.45, 2.75) is 50.7 Å². The van der Waals surface area contributed by atoms with E-state index in [-0.39, 0.29) is 12.2 Å². The van der Waals surface area contributed by atoms with Crippen molar-refractivity contribution in [2.24, 2.45) is 0 Å². The Morgan fingerprint density at radius 2 is 1.47 bits per heavy atom. The van der Waals surface area contributed by atoms with Gasteiger partial charge in [-0.3, -0.25) is 0 Å². The Kier molecular flexibility index (Phi) is 4.92. The highest BCUT2D eigenvalue weighted by molar-refractivity contribution is 5.70. The molecule has 160 valence electrons. The summed E-state index contributed by atoms with van der Waals surface area (Å²) in [6, 6.07) is 28.2. The lowest BCUT2D eigenvalue weighted by atomic mass is 9.97. The molecule has 2 unspecified atom stereocenters. The molecular weight excluding hydrogens is 394 g/mol. The Labute approximate surface area is 189 Å². The summed E-state index contributed by atoms with van der Waals surface area (Å²) < 4.78 is 11.8. The number of epoxide rings is 1. The molecule has 32 heavy (non-hydrogen) atoms. The molecule has 1 aliphatic carbocycles. The van der Waals surface area contributed by atoms with Gasteiger partial charge in [-0.25, -0.2) is 0 Å². The maximum Gasteiger partial charge on any atom is 0.173 e. The summed E-state index contributed by atoms with van der Waals surface area (Å²) in [5, 5.41) is 4.26. The van der Waals surface area contributed by atoms with Gasteiger partial charge in [0.15, 0.2) is 5.76 Å². The molecule has 1 aromatic heterocycles. The number of hydrogen-bond donors (Lipinski definition) is 0. The quantitative estimate of drug-likeness (QED) is 0.295. The second-order valence-corrected chi connectivity index (χ2v) is 9.10. The maximum atomic E-state index is 6.05. The first-order valence-electron chi connectivity index (χ1n) is 11.6. The van der Waals surface area contributed by atoms with Crippen LogP contribution < -0.4 is 0 Å². The average molecular weight is 422 g/mol. The molecular formula is C29H27NO2. The summed E-state index contributed by atoms with van der Waals surface area (Å²) in [5.74, 6) is 1.63. The van der Waals surface area contributed by atoms with E-state index < -0.39 is 0 Å². The van der Waals surface area contributed by atoms with Gasteiger partial charge in [-0.05, 0) is 60.8 Å².